The van der Waals surface area contributed by atoms with Gasteiger partial charge in [0.1, 0.15) is 6.10 Å². The third-order valence-corrected chi connectivity index (χ3v) is 3.61. The van der Waals surface area contributed by atoms with Crippen molar-refractivity contribution in [2.75, 3.05) is 0 Å². The highest BCUT2D eigenvalue weighted by Gasteiger charge is 2.13. The summed E-state index contributed by atoms with van der Waals surface area (Å²) >= 11 is 0. The first-order chi connectivity index (χ1) is 10.3. The lowest BCUT2D eigenvalue weighted by Crippen LogP contribution is -2.02. The number of aliphatic hydroxyl groups is 1. The normalized spacial score (nSPS) is 12.3. The van der Waals surface area contributed by atoms with Crippen LogP contribution < -0.4 is 0 Å². The maximum absolute atomic E-state index is 10.4. The first kappa shape index (κ1) is 13.6. The standard InChI is InChI=1S/C18H18N2O/c1-2-14-8-10-15(11-9-14)18(21)17-12-13-20(19-17)16-6-4-3-5-7-16/h3-13,18,21H,2H2,1H3. The molecule has 3 heteroatoms. The molecule has 0 aliphatic heterocycles. The van der Waals surface area contributed by atoms with E-state index in [4.69, 9.17) is 0 Å². The van der Waals surface area contributed by atoms with Gasteiger partial charge in [0.05, 0.1) is 11.4 Å². The average Bonchev–Trinajstić information content (AvgIpc) is 3.05. The number of hydrogen-bond acceptors (Lipinski definition) is 2. The predicted octanol–water partition coefficient (Wildman–Crippen LogP) is 3.52. The van der Waals surface area contributed by atoms with Crippen LogP contribution in [0.15, 0.2) is 66.9 Å². The minimum absolute atomic E-state index is 0.656. The van der Waals surface area contributed by atoms with E-state index < -0.39 is 6.10 Å². The van der Waals surface area contributed by atoms with Crippen LogP contribution in [0.5, 0.6) is 0 Å². The van der Waals surface area contributed by atoms with Crippen molar-refractivity contribution in [1.82, 2.24) is 9.78 Å². The lowest BCUT2D eigenvalue weighted by Gasteiger charge is -2.09. The maximum Gasteiger partial charge on any atom is 0.123 e. The Hall–Kier alpha value is -2.39. The summed E-state index contributed by atoms with van der Waals surface area (Å²) in [5, 5.41) is 14.9. The zero-order valence-electron chi connectivity index (χ0n) is 12.0. The summed E-state index contributed by atoms with van der Waals surface area (Å²) in [6.07, 6.45) is 2.17. The smallest absolute Gasteiger partial charge is 0.123 e. The van der Waals surface area contributed by atoms with Gasteiger partial charge in [0.2, 0.25) is 0 Å². The van der Waals surface area contributed by atoms with Crippen LogP contribution in [0.25, 0.3) is 5.69 Å². The van der Waals surface area contributed by atoms with Gasteiger partial charge in [-0.25, -0.2) is 4.68 Å². The van der Waals surface area contributed by atoms with Gasteiger partial charge in [-0.3, -0.25) is 0 Å². The van der Waals surface area contributed by atoms with Crippen LogP contribution >= 0.6 is 0 Å². The molecule has 0 saturated heterocycles. The summed E-state index contributed by atoms with van der Waals surface area (Å²) in [5.74, 6) is 0. The van der Waals surface area contributed by atoms with Crippen LogP contribution in [0.2, 0.25) is 0 Å². The number of aryl methyl sites for hydroxylation is 1. The molecule has 1 aromatic heterocycles. The number of hydrogen-bond donors (Lipinski definition) is 1. The van der Waals surface area contributed by atoms with Gasteiger partial charge in [0.25, 0.3) is 0 Å². The van der Waals surface area contributed by atoms with E-state index in [1.165, 1.54) is 5.56 Å². The van der Waals surface area contributed by atoms with Gasteiger partial charge in [-0.2, -0.15) is 5.10 Å². The first-order valence-electron chi connectivity index (χ1n) is 7.16. The molecule has 1 N–H and O–H groups in total. The van der Waals surface area contributed by atoms with Gasteiger partial charge < -0.3 is 5.11 Å². The van der Waals surface area contributed by atoms with Gasteiger partial charge in [0, 0.05) is 6.20 Å². The molecule has 0 aliphatic rings. The highest BCUT2D eigenvalue weighted by molar-refractivity contribution is 5.33. The lowest BCUT2D eigenvalue weighted by molar-refractivity contribution is 0.214. The SMILES string of the molecule is CCc1ccc(C(O)c2ccn(-c3ccccc3)n2)cc1. The van der Waals surface area contributed by atoms with Crippen molar-refractivity contribution in [3.05, 3.63) is 83.7 Å². The molecule has 0 aliphatic carbocycles. The van der Waals surface area contributed by atoms with Crippen LogP contribution in [-0.4, -0.2) is 14.9 Å². The molecule has 3 nitrogen and oxygen atoms in total. The van der Waals surface area contributed by atoms with E-state index in [0.717, 1.165) is 17.7 Å². The molecule has 1 atom stereocenters. The number of nitrogens with zero attached hydrogens (tertiary/aromatic N) is 2. The van der Waals surface area contributed by atoms with Crippen molar-refractivity contribution in [3.8, 4) is 5.69 Å². The van der Waals surface area contributed by atoms with Gasteiger partial charge >= 0.3 is 0 Å². The van der Waals surface area contributed by atoms with Crippen LogP contribution in [0, 0.1) is 0 Å². The van der Waals surface area contributed by atoms with Gasteiger partial charge in [-0.15, -0.1) is 0 Å². The highest BCUT2D eigenvalue weighted by atomic mass is 16.3. The average molecular weight is 278 g/mol. The molecule has 1 unspecified atom stereocenters. The molecule has 1 heterocycles. The minimum atomic E-state index is -0.694. The Kier molecular flexibility index (Phi) is 3.84. The highest BCUT2D eigenvalue weighted by Crippen LogP contribution is 2.21. The topological polar surface area (TPSA) is 38.0 Å². The molecule has 106 valence electrons. The minimum Gasteiger partial charge on any atom is -0.382 e. The van der Waals surface area contributed by atoms with Crippen molar-refractivity contribution in [1.29, 1.82) is 0 Å². The second-order valence-corrected chi connectivity index (χ2v) is 5.02. The fourth-order valence-corrected chi connectivity index (χ4v) is 2.31. The van der Waals surface area contributed by atoms with E-state index in [2.05, 4.69) is 12.0 Å². The molecule has 2 aromatic carbocycles. The summed E-state index contributed by atoms with van der Waals surface area (Å²) < 4.78 is 1.78. The number of aliphatic hydroxyl groups excluding tert-OH is 1. The molecule has 21 heavy (non-hydrogen) atoms. The van der Waals surface area contributed by atoms with Crippen molar-refractivity contribution >= 4 is 0 Å². The van der Waals surface area contributed by atoms with E-state index in [-0.39, 0.29) is 0 Å². The summed E-state index contributed by atoms with van der Waals surface area (Å²) in [7, 11) is 0. The predicted molar refractivity (Wildman–Crippen MR) is 83.4 cm³/mol. The largest absolute Gasteiger partial charge is 0.382 e. The van der Waals surface area contributed by atoms with Crippen LogP contribution in [0.4, 0.5) is 0 Å². The lowest BCUT2D eigenvalue weighted by atomic mass is 10.0. The fraction of sp³-hybridized carbons (Fsp3) is 0.167. The second kappa shape index (κ2) is 5.94. The fourth-order valence-electron chi connectivity index (χ4n) is 2.31. The van der Waals surface area contributed by atoms with Crippen molar-refractivity contribution in [3.63, 3.8) is 0 Å². The van der Waals surface area contributed by atoms with Gasteiger partial charge in [-0.05, 0) is 35.7 Å². The molecule has 3 aromatic rings. The number of benzene rings is 2. The molecule has 0 radical (unpaired) electrons. The van der Waals surface area contributed by atoms with E-state index >= 15 is 0 Å². The first-order valence-corrected chi connectivity index (χ1v) is 7.16. The number of rotatable bonds is 4. The van der Waals surface area contributed by atoms with E-state index in [0.29, 0.717) is 5.69 Å². The van der Waals surface area contributed by atoms with E-state index in [1.807, 2.05) is 66.9 Å². The molecule has 0 amide bonds. The Morgan fingerprint density at radius 3 is 2.38 bits per heavy atom. The summed E-state index contributed by atoms with van der Waals surface area (Å²) in [5.41, 5.74) is 3.77. The quantitative estimate of drug-likeness (QED) is 0.793. The molecule has 0 fully saturated rings. The second-order valence-electron chi connectivity index (χ2n) is 5.02. The third-order valence-electron chi connectivity index (χ3n) is 3.61. The molecular formula is C18H18N2O. The zero-order valence-corrected chi connectivity index (χ0v) is 12.0. The maximum atomic E-state index is 10.4. The molecule has 0 bridgehead atoms. The van der Waals surface area contributed by atoms with Crippen LogP contribution in [0.3, 0.4) is 0 Å². The van der Waals surface area contributed by atoms with E-state index in [9.17, 15) is 5.11 Å². The van der Waals surface area contributed by atoms with E-state index in [1.54, 1.807) is 4.68 Å². The molecule has 0 saturated carbocycles. The van der Waals surface area contributed by atoms with Gasteiger partial charge in [-0.1, -0.05) is 49.4 Å². The Bertz CT molecular complexity index is 702. The number of para-hydroxylation sites is 1. The monoisotopic (exact) mass is 278 g/mol. The number of aromatic nitrogens is 2. The summed E-state index contributed by atoms with van der Waals surface area (Å²) in [6, 6.07) is 19.8. The molecule has 0 spiro atoms. The Balaban J connectivity index is 1.85. The van der Waals surface area contributed by atoms with Crippen molar-refractivity contribution < 1.29 is 5.11 Å². The zero-order chi connectivity index (χ0) is 14.7. The summed E-state index contributed by atoms with van der Waals surface area (Å²) in [6.45, 7) is 2.12. The van der Waals surface area contributed by atoms with Crippen molar-refractivity contribution in [2.24, 2.45) is 0 Å². The molecule has 3 rings (SSSR count). The van der Waals surface area contributed by atoms with Gasteiger partial charge in [0.15, 0.2) is 0 Å². The van der Waals surface area contributed by atoms with Crippen LogP contribution in [-0.2, 0) is 6.42 Å². The van der Waals surface area contributed by atoms with Crippen LogP contribution in [0.1, 0.15) is 29.8 Å². The molecular weight excluding hydrogens is 260 g/mol. The van der Waals surface area contributed by atoms with Crippen molar-refractivity contribution in [2.45, 2.75) is 19.4 Å². The Labute approximate surface area is 124 Å². The Morgan fingerprint density at radius 2 is 1.71 bits per heavy atom. The Morgan fingerprint density at radius 1 is 1.00 bits per heavy atom. The third kappa shape index (κ3) is 2.88. The summed E-state index contributed by atoms with van der Waals surface area (Å²) in [4.78, 5) is 0.